The topological polar surface area (TPSA) is 66.8 Å². The molecule has 1 aromatic rings. The maximum atomic E-state index is 13.2. The SMILES string of the molecule is O=C(CCC1CCCC1)N=C1S[C@@H]2CS(=O)(=O)C[C@H]2N1Cc1ccc(F)cc1. The summed E-state index contributed by atoms with van der Waals surface area (Å²) in [6.45, 7) is 0.429. The van der Waals surface area contributed by atoms with Crippen molar-refractivity contribution in [3.63, 3.8) is 0 Å². The lowest BCUT2D eigenvalue weighted by Crippen LogP contribution is -2.37. The van der Waals surface area contributed by atoms with Crippen molar-refractivity contribution in [1.29, 1.82) is 0 Å². The molecule has 28 heavy (non-hydrogen) atoms. The van der Waals surface area contributed by atoms with Crippen LogP contribution < -0.4 is 0 Å². The molecule has 1 amide bonds. The summed E-state index contributed by atoms with van der Waals surface area (Å²) in [7, 11) is -3.07. The molecule has 2 aliphatic heterocycles. The number of halogens is 1. The lowest BCUT2D eigenvalue weighted by Gasteiger charge is -2.24. The molecular weight excluding hydrogens is 399 g/mol. The molecular formula is C20H25FN2O3S2. The van der Waals surface area contributed by atoms with Crippen LogP contribution in [0.25, 0.3) is 0 Å². The fourth-order valence-electron chi connectivity index (χ4n) is 4.40. The Hall–Kier alpha value is -1.41. The quantitative estimate of drug-likeness (QED) is 0.725. The molecule has 0 spiro atoms. The molecule has 5 nitrogen and oxygen atoms in total. The molecule has 3 aliphatic rings. The first-order valence-corrected chi connectivity index (χ1v) is 12.6. The molecule has 0 bridgehead atoms. The Balaban J connectivity index is 1.49. The van der Waals surface area contributed by atoms with Gasteiger partial charge >= 0.3 is 0 Å². The molecule has 2 saturated heterocycles. The van der Waals surface area contributed by atoms with Gasteiger partial charge in [-0.05, 0) is 30.0 Å². The minimum absolute atomic E-state index is 0.0845. The molecule has 1 saturated carbocycles. The van der Waals surface area contributed by atoms with Crippen molar-refractivity contribution in [3.05, 3.63) is 35.6 Å². The van der Waals surface area contributed by atoms with Crippen LogP contribution in [-0.4, -0.2) is 47.2 Å². The molecule has 2 heterocycles. The summed E-state index contributed by atoms with van der Waals surface area (Å²) in [6.07, 6.45) is 6.26. The van der Waals surface area contributed by atoms with Gasteiger partial charge in [-0.15, -0.1) is 0 Å². The first kappa shape index (κ1) is 19.9. The van der Waals surface area contributed by atoms with Crippen LogP contribution in [0.4, 0.5) is 4.39 Å². The van der Waals surface area contributed by atoms with Crippen LogP contribution >= 0.6 is 11.8 Å². The Kier molecular flexibility index (Phi) is 5.78. The molecule has 0 radical (unpaired) electrons. The number of thioether (sulfide) groups is 1. The third-order valence-electron chi connectivity index (χ3n) is 5.90. The molecule has 1 aliphatic carbocycles. The number of carbonyl (C=O) groups excluding carboxylic acids is 1. The van der Waals surface area contributed by atoms with Gasteiger partial charge in [-0.1, -0.05) is 49.6 Å². The van der Waals surface area contributed by atoms with E-state index in [2.05, 4.69) is 4.99 Å². The molecule has 152 valence electrons. The minimum atomic E-state index is -3.07. The first-order valence-electron chi connectivity index (χ1n) is 9.89. The van der Waals surface area contributed by atoms with Crippen molar-refractivity contribution in [3.8, 4) is 0 Å². The second-order valence-electron chi connectivity index (χ2n) is 8.03. The monoisotopic (exact) mass is 424 g/mol. The van der Waals surface area contributed by atoms with Gasteiger partial charge in [0.2, 0.25) is 5.91 Å². The second kappa shape index (κ2) is 8.14. The van der Waals surface area contributed by atoms with Crippen LogP contribution in [0.2, 0.25) is 0 Å². The van der Waals surface area contributed by atoms with Gasteiger partial charge in [-0.3, -0.25) is 4.79 Å². The molecule has 1 aromatic carbocycles. The lowest BCUT2D eigenvalue weighted by atomic mass is 10.0. The van der Waals surface area contributed by atoms with E-state index in [-0.39, 0.29) is 34.5 Å². The molecule has 0 unspecified atom stereocenters. The number of aliphatic imine (C=N–C) groups is 1. The summed E-state index contributed by atoms with van der Waals surface area (Å²) in [5.74, 6) is 0.414. The number of hydrogen-bond acceptors (Lipinski definition) is 4. The van der Waals surface area contributed by atoms with E-state index in [1.807, 2.05) is 4.90 Å². The number of amidine groups is 1. The summed E-state index contributed by atoms with van der Waals surface area (Å²) in [6, 6.07) is 5.99. The predicted octanol–water partition coefficient (Wildman–Crippen LogP) is 3.39. The molecule has 0 N–H and O–H groups in total. The highest BCUT2D eigenvalue weighted by molar-refractivity contribution is 8.15. The molecule has 8 heteroatoms. The Morgan fingerprint density at radius 1 is 1.18 bits per heavy atom. The van der Waals surface area contributed by atoms with Crippen LogP contribution in [0.3, 0.4) is 0 Å². The van der Waals surface area contributed by atoms with Gasteiger partial charge in [0.15, 0.2) is 15.0 Å². The van der Waals surface area contributed by atoms with Crippen LogP contribution in [0, 0.1) is 11.7 Å². The Bertz CT molecular complexity index is 864. The standard InChI is InChI=1S/C20H25FN2O3S2/c21-16-8-5-15(6-9-16)11-23-17-12-28(25,26)13-18(17)27-20(23)22-19(24)10-7-14-3-1-2-4-14/h5-6,8-9,14,17-18H,1-4,7,10-13H2/t17-,18-/m1/s1. The van der Waals surface area contributed by atoms with Gasteiger partial charge in [-0.25, -0.2) is 12.8 Å². The second-order valence-corrected chi connectivity index (χ2v) is 11.4. The highest BCUT2D eigenvalue weighted by atomic mass is 32.2. The Morgan fingerprint density at radius 2 is 1.89 bits per heavy atom. The summed E-state index contributed by atoms with van der Waals surface area (Å²) < 4.78 is 37.4. The number of amides is 1. The fraction of sp³-hybridized carbons (Fsp3) is 0.600. The van der Waals surface area contributed by atoms with Gasteiger partial charge < -0.3 is 4.90 Å². The summed E-state index contributed by atoms with van der Waals surface area (Å²) in [5, 5.41) is 0.525. The number of hydrogen-bond donors (Lipinski definition) is 0. The van der Waals surface area contributed by atoms with Crippen molar-refractivity contribution >= 4 is 32.7 Å². The van der Waals surface area contributed by atoms with Crippen LogP contribution in [0.15, 0.2) is 29.3 Å². The molecule has 0 aromatic heterocycles. The van der Waals surface area contributed by atoms with E-state index in [1.54, 1.807) is 12.1 Å². The summed E-state index contributed by atoms with van der Waals surface area (Å²) in [4.78, 5) is 18.7. The van der Waals surface area contributed by atoms with Gasteiger partial charge in [0.25, 0.3) is 0 Å². The van der Waals surface area contributed by atoms with Crippen molar-refractivity contribution in [2.75, 3.05) is 11.5 Å². The van der Waals surface area contributed by atoms with E-state index in [4.69, 9.17) is 0 Å². The number of fused-ring (bicyclic) bond motifs is 1. The van der Waals surface area contributed by atoms with E-state index < -0.39 is 9.84 Å². The average molecular weight is 425 g/mol. The molecule has 4 rings (SSSR count). The highest BCUT2D eigenvalue weighted by Crippen LogP contribution is 2.39. The molecule has 3 fully saturated rings. The van der Waals surface area contributed by atoms with Gasteiger partial charge in [-0.2, -0.15) is 4.99 Å². The minimum Gasteiger partial charge on any atom is -0.342 e. The number of rotatable bonds is 5. The maximum Gasteiger partial charge on any atom is 0.248 e. The largest absolute Gasteiger partial charge is 0.342 e. The maximum absolute atomic E-state index is 13.2. The van der Waals surface area contributed by atoms with E-state index in [9.17, 15) is 17.6 Å². The first-order chi connectivity index (χ1) is 13.4. The fourth-order valence-corrected chi connectivity index (χ4v) is 8.36. The van der Waals surface area contributed by atoms with Gasteiger partial charge in [0.1, 0.15) is 5.82 Å². The number of nitrogens with zero attached hydrogens (tertiary/aromatic N) is 2. The van der Waals surface area contributed by atoms with Crippen LogP contribution in [-0.2, 0) is 21.2 Å². The number of sulfone groups is 1. The van der Waals surface area contributed by atoms with E-state index in [0.717, 1.165) is 12.0 Å². The van der Waals surface area contributed by atoms with Crippen LogP contribution in [0.5, 0.6) is 0 Å². The predicted molar refractivity (Wildman–Crippen MR) is 109 cm³/mol. The van der Waals surface area contributed by atoms with E-state index >= 15 is 0 Å². The van der Waals surface area contributed by atoms with Crippen molar-refractivity contribution in [2.45, 2.75) is 56.4 Å². The smallest absolute Gasteiger partial charge is 0.248 e. The summed E-state index contributed by atoms with van der Waals surface area (Å²) >= 11 is 1.40. The average Bonchev–Trinajstić information content (AvgIpc) is 3.32. The highest BCUT2D eigenvalue weighted by Gasteiger charge is 2.48. The third kappa shape index (κ3) is 4.59. The third-order valence-corrected chi connectivity index (χ3v) is 9.15. The number of benzene rings is 1. The zero-order valence-electron chi connectivity index (χ0n) is 15.7. The van der Waals surface area contributed by atoms with Crippen molar-refractivity contribution < 1.29 is 17.6 Å². The van der Waals surface area contributed by atoms with Crippen LogP contribution in [0.1, 0.15) is 44.1 Å². The van der Waals surface area contributed by atoms with Crippen molar-refractivity contribution in [1.82, 2.24) is 4.90 Å². The lowest BCUT2D eigenvalue weighted by molar-refractivity contribution is -0.118. The zero-order valence-corrected chi connectivity index (χ0v) is 17.4. The zero-order chi connectivity index (χ0) is 19.7. The van der Waals surface area contributed by atoms with Gasteiger partial charge in [0.05, 0.1) is 17.5 Å². The molecule has 2 atom stereocenters. The summed E-state index contributed by atoms with van der Waals surface area (Å²) in [5.41, 5.74) is 0.873. The van der Waals surface area contributed by atoms with Crippen molar-refractivity contribution in [2.24, 2.45) is 10.9 Å². The van der Waals surface area contributed by atoms with E-state index in [1.165, 1.54) is 49.6 Å². The normalized spacial score (nSPS) is 28.2. The Morgan fingerprint density at radius 3 is 2.61 bits per heavy atom. The van der Waals surface area contributed by atoms with Gasteiger partial charge in [0, 0.05) is 18.2 Å². The Labute approximate surface area is 169 Å². The van der Waals surface area contributed by atoms with E-state index in [0.29, 0.717) is 24.1 Å². The number of carbonyl (C=O) groups is 1.